The van der Waals surface area contributed by atoms with E-state index in [2.05, 4.69) is 16.0 Å². The number of terminal acetylenes is 1. The third kappa shape index (κ3) is 13.1. The van der Waals surface area contributed by atoms with Crippen LogP contribution in [0.5, 0.6) is 5.75 Å². The first-order valence-electron chi connectivity index (χ1n) is 12.0. The molecule has 1 aliphatic heterocycles. The van der Waals surface area contributed by atoms with Crippen LogP contribution in [-0.2, 0) is 16.1 Å². The maximum atomic E-state index is 11.8. The molecule has 1 fully saturated rings. The number of nitrogens with one attached hydrogen (secondary N) is 1. The van der Waals surface area contributed by atoms with Crippen molar-refractivity contribution in [3.63, 3.8) is 0 Å². The van der Waals surface area contributed by atoms with Gasteiger partial charge in [0.25, 0.3) is 0 Å². The number of para-hydroxylation sites is 1. The van der Waals surface area contributed by atoms with Crippen molar-refractivity contribution in [1.29, 1.82) is 0 Å². The number of ether oxygens (including phenoxy) is 1. The molecule has 3 amide bonds. The van der Waals surface area contributed by atoms with Crippen LogP contribution in [0.3, 0.4) is 0 Å². The fourth-order valence-electron chi connectivity index (χ4n) is 3.42. The Bertz CT molecular complexity index is 1070. The molecule has 5 N–H and O–H groups in total. The summed E-state index contributed by atoms with van der Waals surface area (Å²) in [6, 6.07) is 13.9. The Morgan fingerprint density at radius 1 is 1.29 bits per heavy atom. The van der Waals surface area contributed by atoms with E-state index in [1.54, 1.807) is 47.4 Å². The van der Waals surface area contributed by atoms with Gasteiger partial charge in [-0.3, -0.25) is 9.59 Å². The lowest BCUT2D eigenvalue weighted by Crippen LogP contribution is -2.33. The van der Waals surface area contributed by atoms with Gasteiger partial charge in [-0.05, 0) is 48.1 Å². The van der Waals surface area contributed by atoms with Crippen molar-refractivity contribution in [2.75, 3.05) is 19.7 Å². The van der Waals surface area contributed by atoms with Gasteiger partial charge in [-0.2, -0.15) is 0 Å². The van der Waals surface area contributed by atoms with E-state index in [0.29, 0.717) is 56.1 Å². The largest absolute Gasteiger partial charge is 0.411 e. The van der Waals surface area contributed by atoms with E-state index in [-0.39, 0.29) is 24.0 Å². The van der Waals surface area contributed by atoms with Crippen LogP contribution in [0.25, 0.3) is 0 Å². The van der Waals surface area contributed by atoms with E-state index in [4.69, 9.17) is 28.9 Å². The summed E-state index contributed by atoms with van der Waals surface area (Å²) in [6.45, 7) is 5.63. The first-order chi connectivity index (χ1) is 18.0. The van der Waals surface area contributed by atoms with E-state index in [1.807, 2.05) is 19.9 Å². The molecular weight excluding hydrogens is 510 g/mol. The summed E-state index contributed by atoms with van der Waals surface area (Å²) < 4.78 is 4.55. The highest BCUT2D eigenvalue weighted by molar-refractivity contribution is 6.31. The predicted octanol–water partition coefficient (Wildman–Crippen LogP) is 3.09. The summed E-state index contributed by atoms with van der Waals surface area (Å²) in [7, 11) is 0. The molecule has 0 bridgehead atoms. The standard InChI is InChI=1S/C11H21NO3.C10H8ClNO.C7H7NO2/c1-11(2,4-6-13)7-10(15)12-5-3-9(14)8-12;1-2-8-3-4-9(6-12-7-13)10(11)5-8;8-7(9)10-6-4-2-1-3-5-6/h9,13-14H,3-8H2,1-2H3;1,3-5,7H,6H2,(H,12,13);1-5H,(H2,8,9). The molecule has 0 aliphatic carbocycles. The van der Waals surface area contributed by atoms with Crippen LogP contribution in [0.15, 0.2) is 48.5 Å². The lowest BCUT2D eigenvalue weighted by molar-refractivity contribution is -0.132. The van der Waals surface area contributed by atoms with Crippen molar-refractivity contribution in [2.45, 2.75) is 45.8 Å². The monoisotopic (exact) mass is 545 g/mol. The molecule has 38 heavy (non-hydrogen) atoms. The van der Waals surface area contributed by atoms with Crippen LogP contribution >= 0.6 is 11.6 Å². The zero-order valence-corrected chi connectivity index (χ0v) is 22.5. The fraction of sp³-hybridized carbons (Fsp3) is 0.393. The average Bonchev–Trinajstić information content (AvgIpc) is 3.30. The summed E-state index contributed by atoms with van der Waals surface area (Å²) in [5.41, 5.74) is 6.20. The average molecular weight is 546 g/mol. The summed E-state index contributed by atoms with van der Waals surface area (Å²) in [5, 5.41) is 21.3. The fourth-order valence-corrected chi connectivity index (χ4v) is 3.66. The Balaban J connectivity index is 0.000000291. The van der Waals surface area contributed by atoms with Gasteiger partial charge in [0.1, 0.15) is 5.75 Å². The first kappa shape index (κ1) is 32.4. The number of benzene rings is 2. The van der Waals surface area contributed by atoms with Crippen molar-refractivity contribution in [2.24, 2.45) is 11.1 Å². The summed E-state index contributed by atoms with van der Waals surface area (Å²) in [5.74, 6) is 3.03. The molecule has 0 radical (unpaired) electrons. The number of halogens is 1. The van der Waals surface area contributed by atoms with E-state index >= 15 is 0 Å². The number of nitrogens with zero attached hydrogens (tertiary/aromatic N) is 1. The highest BCUT2D eigenvalue weighted by atomic mass is 35.5. The van der Waals surface area contributed by atoms with Crippen molar-refractivity contribution < 1.29 is 29.3 Å². The minimum absolute atomic E-state index is 0.0880. The van der Waals surface area contributed by atoms with Crippen molar-refractivity contribution in [1.82, 2.24) is 10.2 Å². The molecule has 1 aliphatic rings. The number of carbonyl (C=O) groups is 3. The molecule has 0 aromatic heterocycles. The van der Waals surface area contributed by atoms with E-state index < -0.39 is 6.09 Å². The van der Waals surface area contributed by atoms with Gasteiger partial charge in [0.05, 0.1) is 6.10 Å². The van der Waals surface area contributed by atoms with Crippen molar-refractivity contribution >= 4 is 30.0 Å². The third-order valence-corrected chi connectivity index (χ3v) is 5.84. The molecule has 9 nitrogen and oxygen atoms in total. The molecule has 0 spiro atoms. The van der Waals surface area contributed by atoms with Gasteiger partial charge in [0.2, 0.25) is 12.3 Å². The highest BCUT2D eigenvalue weighted by Crippen LogP contribution is 2.26. The second kappa shape index (κ2) is 17.0. The smallest absolute Gasteiger partial charge is 0.409 e. The van der Waals surface area contributed by atoms with Crippen LogP contribution < -0.4 is 15.8 Å². The molecule has 1 saturated heterocycles. The highest BCUT2D eigenvalue weighted by Gasteiger charge is 2.29. The van der Waals surface area contributed by atoms with E-state index in [0.717, 1.165) is 11.1 Å². The van der Waals surface area contributed by atoms with Crippen LogP contribution in [0.2, 0.25) is 5.02 Å². The second-order valence-electron chi connectivity index (χ2n) is 9.28. The number of aliphatic hydroxyl groups is 2. The molecule has 1 unspecified atom stereocenters. The quantitative estimate of drug-likeness (QED) is 0.296. The minimum Gasteiger partial charge on any atom is -0.411 e. The van der Waals surface area contributed by atoms with E-state index in [9.17, 15) is 19.5 Å². The summed E-state index contributed by atoms with van der Waals surface area (Å²) >= 11 is 5.89. The Kier molecular flexibility index (Phi) is 14.5. The zero-order chi connectivity index (χ0) is 28.6. The lowest BCUT2D eigenvalue weighted by Gasteiger charge is -2.26. The van der Waals surface area contributed by atoms with Crippen LogP contribution in [0.4, 0.5) is 4.79 Å². The van der Waals surface area contributed by atoms with Gasteiger partial charge in [-0.1, -0.05) is 55.6 Å². The summed E-state index contributed by atoms with van der Waals surface area (Å²) in [4.78, 5) is 33.7. The van der Waals surface area contributed by atoms with Gasteiger partial charge >= 0.3 is 6.09 Å². The van der Waals surface area contributed by atoms with Crippen molar-refractivity contribution in [3.8, 4) is 18.1 Å². The summed E-state index contributed by atoms with van der Waals surface area (Å²) in [6.07, 6.45) is 6.45. The third-order valence-electron chi connectivity index (χ3n) is 5.49. The molecule has 3 rings (SSSR count). The topological polar surface area (TPSA) is 142 Å². The Labute approximate surface area is 228 Å². The molecule has 10 heteroatoms. The number of primary amides is 1. The van der Waals surface area contributed by atoms with Crippen LogP contribution in [0.1, 0.15) is 44.2 Å². The number of rotatable bonds is 8. The molecule has 2 aromatic rings. The van der Waals surface area contributed by atoms with Crippen molar-refractivity contribution in [3.05, 3.63) is 64.7 Å². The Morgan fingerprint density at radius 2 is 1.97 bits per heavy atom. The Hall–Kier alpha value is -3.58. The Morgan fingerprint density at radius 3 is 2.47 bits per heavy atom. The molecule has 1 atom stereocenters. The van der Waals surface area contributed by atoms with Gasteiger partial charge in [0, 0.05) is 43.2 Å². The van der Waals surface area contributed by atoms with Crippen LogP contribution in [-0.4, -0.2) is 59.3 Å². The van der Waals surface area contributed by atoms with Gasteiger partial charge in [-0.25, -0.2) is 4.79 Å². The SMILES string of the molecule is C#Cc1ccc(CNC=O)c(Cl)c1.CC(C)(CCO)CC(=O)N1CCC(O)C1.NC(=O)Oc1ccccc1. The van der Waals surface area contributed by atoms with Gasteiger partial charge in [-0.15, -0.1) is 6.42 Å². The number of hydrogen-bond acceptors (Lipinski definition) is 6. The zero-order valence-electron chi connectivity index (χ0n) is 21.7. The number of nitrogens with two attached hydrogens (primary N) is 1. The predicted molar refractivity (Wildman–Crippen MR) is 146 cm³/mol. The maximum Gasteiger partial charge on any atom is 0.409 e. The first-order valence-corrected chi connectivity index (χ1v) is 12.4. The second-order valence-corrected chi connectivity index (χ2v) is 9.69. The van der Waals surface area contributed by atoms with Gasteiger partial charge < -0.3 is 30.9 Å². The van der Waals surface area contributed by atoms with Crippen LogP contribution in [0, 0.1) is 17.8 Å². The maximum absolute atomic E-state index is 11.8. The van der Waals surface area contributed by atoms with E-state index in [1.165, 1.54) is 0 Å². The molecule has 206 valence electrons. The molecule has 2 aromatic carbocycles. The number of amides is 3. The molecule has 0 saturated carbocycles. The normalized spacial score (nSPS) is 14.1. The number of β-amino-alcohol motifs (C(OH)–C–C–N with tert-alkyl or cyclic N) is 1. The minimum atomic E-state index is -0.786. The number of carbonyl (C=O) groups excluding carboxylic acids is 3. The number of likely N-dealkylation sites (tertiary alicyclic amines) is 1. The van der Waals surface area contributed by atoms with Gasteiger partial charge in [0.15, 0.2) is 0 Å². The molecule has 1 heterocycles. The number of hydrogen-bond donors (Lipinski definition) is 4. The lowest BCUT2D eigenvalue weighted by atomic mass is 9.85. The molecular formula is C28H36ClN3O6. The number of aliphatic hydroxyl groups excluding tert-OH is 2.